The van der Waals surface area contributed by atoms with Crippen LogP contribution in [0, 0.1) is 6.92 Å². The van der Waals surface area contributed by atoms with Crippen LogP contribution in [0.5, 0.6) is 5.75 Å². The highest BCUT2D eigenvalue weighted by atomic mass is 16.6. The standard InChI is InChI=1S/C23H30N2O5/c1-4-5-14-28-22-16(2)21(24-20-9-7-6-8-19(20)22)15-29-23(27)25-12-10-18(11-13-25)30-17(3)26/h6-9,18H,4-5,10-15H2,1-3H3. The summed E-state index contributed by atoms with van der Waals surface area (Å²) in [5, 5.41) is 0.966. The summed E-state index contributed by atoms with van der Waals surface area (Å²) in [4.78, 5) is 29.9. The molecule has 0 atom stereocenters. The molecule has 0 bridgehead atoms. The van der Waals surface area contributed by atoms with Gasteiger partial charge in [0.2, 0.25) is 0 Å². The van der Waals surface area contributed by atoms with E-state index in [1.165, 1.54) is 6.92 Å². The molecule has 2 aromatic rings. The molecule has 7 heteroatoms. The summed E-state index contributed by atoms with van der Waals surface area (Å²) in [6.07, 6.45) is 2.77. The van der Waals surface area contributed by atoms with Crippen LogP contribution < -0.4 is 4.74 Å². The molecule has 3 rings (SSSR count). The molecule has 0 spiro atoms. The van der Waals surface area contributed by atoms with Gasteiger partial charge in [-0.05, 0) is 25.5 Å². The molecule has 2 heterocycles. The minimum atomic E-state index is -0.376. The molecule has 162 valence electrons. The fourth-order valence-electron chi connectivity index (χ4n) is 3.58. The van der Waals surface area contributed by atoms with Gasteiger partial charge in [-0.15, -0.1) is 0 Å². The lowest BCUT2D eigenvalue weighted by atomic mass is 10.1. The van der Waals surface area contributed by atoms with E-state index in [0.717, 1.165) is 35.1 Å². The molecule has 0 aliphatic carbocycles. The summed E-state index contributed by atoms with van der Waals surface area (Å²) in [6, 6.07) is 7.84. The van der Waals surface area contributed by atoms with Gasteiger partial charge >= 0.3 is 12.1 Å². The Bertz CT molecular complexity index is 891. The Kier molecular flexibility index (Phi) is 7.49. The summed E-state index contributed by atoms with van der Waals surface area (Å²) in [7, 11) is 0. The predicted octanol–water partition coefficient (Wildman–Crippen LogP) is 4.39. The Labute approximate surface area is 177 Å². The second kappa shape index (κ2) is 10.3. The van der Waals surface area contributed by atoms with Crippen molar-refractivity contribution in [3.05, 3.63) is 35.5 Å². The maximum atomic E-state index is 12.5. The average Bonchev–Trinajstić information content (AvgIpc) is 2.74. The minimum Gasteiger partial charge on any atom is -0.493 e. The number of unbranched alkanes of at least 4 members (excludes halogenated alkanes) is 1. The van der Waals surface area contributed by atoms with Crippen LogP contribution in [-0.4, -0.2) is 47.7 Å². The van der Waals surface area contributed by atoms with Gasteiger partial charge in [0.25, 0.3) is 0 Å². The molecule has 1 aliphatic heterocycles. The molecule has 0 saturated carbocycles. The molecule has 1 aromatic heterocycles. The number of esters is 1. The normalized spacial score (nSPS) is 14.6. The zero-order valence-corrected chi connectivity index (χ0v) is 18.0. The number of para-hydroxylation sites is 1. The van der Waals surface area contributed by atoms with Crippen molar-refractivity contribution >= 4 is 23.0 Å². The summed E-state index contributed by atoms with van der Waals surface area (Å²) in [5.74, 6) is 0.521. The maximum Gasteiger partial charge on any atom is 0.410 e. The second-order valence-corrected chi connectivity index (χ2v) is 7.58. The molecule has 1 aliphatic rings. The molecular weight excluding hydrogens is 384 g/mol. The summed E-state index contributed by atoms with van der Waals surface area (Å²) >= 11 is 0. The van der Waals surface area contributed by atoms with Crippen LogP contribution in [0.25, 0.3) is 10.9 Å². The highest BCUT2D eigenvalue weighted by Crippen LogP contribution is 2.31. The van der Waals surface area contributed by atoms with Crippen LogP contribution in [0.2, 0.25) is 0 Å². The molecule has 1 fully saturated rings. The second-order valence-electron chi connectivity index (χ2n) is 7.58. The molecule has 30 heavy (non-hydrogen) atoms. The monoisotopic (exact) mass is 414 g/mol. The number of amides is 1. The van der Waals surface area contributed by atoms with Crippen molar-refractivity contribution in [1.82, 2.24) is 9.88 Å². The predicted molar refractivity (Wildman–Crippen MR) is 113 cm³/mol. The van der Waals surface area contributed by atoms with E-state index in [-0.39, 0.29) is 24.8 Å². The van der Waals surface area contributed by atoms with Crippen molar-refractivity contribution in [2.75, 3.05) is 19.7 Å². The third-order valence-electron chi connectivity index (χ3n) is 5.29. The van der Waals surface area contributed by atoms with Crippen molar-refractivity contribution in [2.45, 2.75) is 59.2 Å². The number of benzene rings is 1. The van der Waals surface area contributed by atoms with Crippen molar-refractivity contribution in [1.29, 1.82) is 0 Å². The van der Waals surface area contributed by atoms with Gasteiger partial charge in [0.1, 0.15) is 18.5 Å². The van der Waals surface area contributed by atoms with E-state index in [1.807, 2.05) is 31.2 Å². The third-order valence-corrected chi connectivity index (χ3v) is 5.29. The Hall–Kier alpha value is -2.83. The minimum absolute atomic E-state index is 0.0868. The van der Waals surface area contributed by atoms with Crippen LogP contribution in [0.1, 0.15) is 50.8 Å². The molecule has 0 radical (unpaired) electrons. The lowest BCUT2D eigenvalue weighted by Gasteiger charge is -2.30. The van der Waals surface area contributed by atoms with E-state index >= 15 is 0 Å². The fraction of sp³-hybridized carbons (Fsp3) is 0.522. The first-order valence-electron chi connectivity index (χ1n) is 10.6. The fourth-order valence-corrected chi connectivity index (χ4v) is 3.58. The Morgan fingerprint density at radius 2 is 1.93 bits per heavy atom. The summed E-state index contributed by atoms with van der Waals surface area (Å²) in [6.45, 7) is 7.22. The number of carbonyl (C=O) groups excluding carboxylic acids is 2. The van der Waals surface area contributed by atoms with E-state index in [2.05, 4.69) is 6.92 Å². The van der Waals surface area contributed by atoms with Gasteiger partial charge in [0.05, 0.1) is 17.8 Å². The highest BCUT2D eigenvalue weighted by molar-refractivity contribution is 5.86. The van der Waals surface area contributed by atoms with Crippen molar-refractivity contribution < 1.29 is 23.8 Å². The topological polar surface area (TPSA) is 78.0 Å². The Balaban J connectivity index is 1.66. The molecule has 1 saturated heterocycles. The number of carbonyl (C=O) groups is 2. The number of fused-ring (bicyclic) bond motifs is 1. The van der Waals surface area contributed by atoms with Crippen LogP contribution in [0.15, 0.2) is 24.3 Å². The van der Waals surface area contributed by atoms with Gasteiger partial charge in [-0.25, -0.2) is 9.78 Å². The lowest BCUT2D eigenvalue weighted by Crippen LogP contribution is -2.41. The van der Waals surface area contributed by atoms with E-state index in [9.17, 15) is 9.59 Å². The van der Waals surface area contributed by atoms with Crippen LogP contribution >= 0.6 is 0 Å². The zero-order valence-electron chi connectivity index (χ0n) is 18.0. The quantitative estimate of drug-likeness (QED) is 0.494. The van der Waals surface area contributed by atoms with Gasteiger partial charge in [0.15, 0.2) is 0 Å². The molecule has 1 aromatic carbocycles. The number of pyridine rings is 1. The number of aromatic nitrogens is 1. The molecule has 0 N–H and O–H groups in total. The molecular formula is C23H30N2O5. The number of nitrogens with zero attached hydrogens (tertiary/aromatic N) is 2. The number of hydrogen-bond acceptors (Lipinski definition) is 6. The van der Waals surface area contributed by atoms with Crippen LogP contribution in [0.4, 0.5) is 4.79 Å². The number of ether oxygens (including phenoxy) is 3. The van der Waals surface area contributed by atoms with Crippen LogP contribution in [-0.2, 0) is 20.9 Å². The molecule has 1 amide bonds. The van der Waals surface area contributed by atoms with E-state index in [4.69, 9.17) is 19.2 Å². The van der Waals surface area contributed by atoms with Gasteiger partial charge in [-0.2, -0.15) is 0 Å². The molecule has 7 nitrogen and oxygen atoms in total. The summed E-state index contributed by atoms with van der Waals surface area (Å²) in [5.41, 5.74) is 2.41. The SMILES string of the molecule is CCCCOc1c(C)c(COC(=O)N2CCC(OC(C)=O)CC2)nc2ccccc12. The Morgan fingerprint density at radius 1 is 1.20 bits per heavy atom. The number of piperidine rings is 1. The van der Waals surface area contributed by atoms with E-state index < -0.39 is 0 Å². The van der Waals surface area contributed by atoms with Crippen LogP contribution in [0.3, 0.4) is 0 Å². The first-order valence-corrected chi connectivity index (χ1v) is 10.6. The number of hydrogen-bond donors (Lipinski definition) is 0. The van der Waals surface area contributed by atoms with Crippen molar-refractivity contribution in [2.24, 2.45) is 0 Å². The van der Waals surface area contributed by atoms with Crippen molar-refractivity contribution in [3.8, 4) is 5.75 Å². The van der Waals surface area contributed by atoms with Gasteiger partial charge in [-0.3, -0.25) is 4.79 Å². The maximum absolute atomic E-state index is 12.5. The van der Waals surface area contributed by atoms with Gasteiger partial charge < -0.3 is 19.1 Å². The highest BCUT2D eigenvalue weighted by Gasteiger charge is 2.25. The van der Waals surface area contributed by atoms with Crippen molar-refractivity contribution in [3.63, 3.8) is 0 Å². The zero-order chi connectivity index (χ0) is 21.5. The number of rotatable bonds is 7. The molecule has 0 unspecified atom stereocenters. The first kappa shape index (κ1) is 21.9. The number of likely N-dealkylation sites (tertiary alicyclic amines) is 1. The average molecular weight is 415 g/mol. The third kappa shape index (κ3) is 5.40. The van der Waals surface area contributed by atoms with E-state index in [1.54, 1.807) is 4.90 Å². The largest absolute Gasteiger partial charge is 0.493 e. The van der Waals surface area contributed by atoms with E-state index in [0.29, 0.717) is 38.2 Å². The smallest absolute Gasteiger partial charge is 0.410 e. The van der Waals surface area contributed by atoms with Gasteiger partial charge in [0, 0.05) is 43.8 Å². The summed E-state index contributed by atoms with van der Waals surface area (Å²) < 4.78 is 16.8. The first-order chi connectivity index (χ1) is 14.5. The Morgan fingerprint density at radius 3 is 2.63 bits per heavy atom. The van der Waals surface area contributed by atoms with Gasteiger partial charge in [-0.1, -0.05) is 25.5 Å². The lowest BCUT2D eigenvalue weighted by molar-refractivity contribution is -0.148.